The van der Waals surface area contributed by atoms with E-state index in [1.165, 1.54) is 23.0 Å². The molecule has 0 saturated heterocycles. The lowest BCUT2D eigenvalue weighted by Crippen LogP contribution is -2.43. The minimum atomic E-state index is -0.564. The van der Waals surface area contributed by atoms with Gasteiger partial charge in [-0.1, -0.05) is 42.0 Å². The van der Waals surface area contributed by atoms with Crippen LogP contribution in [0.4, 0.5) is 0 Å². The fraction of sp³-hybridized carbons (Fsp3) is 0.333. The summed E-state index contributed by atoms with van der Waals surface area (Å²) < 4.78 is 13.1. The van der Waals surface area contributed by atoms with Crippen molar-refractivity contribution in [3.63, 3.8) is 0 Å². The highest BCUT2D eigenvalue weighted by Crippen LogP contribution is 2.27. The van der Waals surface area contributed by atoms with E-state index in [9.17, 15) is 19.2 Å². The molecule has 0 fully saturated rings. The average Bonchev–Trinajstić information content (AvgIpc) is 3.09. The third-order valence-corrected chi connectivity index (χ3v) is 8.29. The van der Waals surface area contributed by atoms with E-state index in [-0.39, 0.29) is 24.9 Å². The number of para-hydroxylation sites is 1. The van der Waals surface area contributed by atoms with Crippen LogP contribution in [0.1, 0.15) is 53.6 Å². The number of hydrogen-bond donors (Lipinski definition) is 2. The normalized spacial score (nSPS) is 12.8. The molecule has 2 N–H and O–H groups in total. The van der Waals surface area contributed by atoms with Gasteiger partial charge in [-0.2, -0.15) is 0 Å². The molecule has 1 heterocycles. The van der Waals surface area contributed by atoms with Crippen molar-refractivity contribution in [1.29, 1.82) is 0 Å². The van der Waals surface area contributed by atoms with Gasteiger partial charge in [0.25, 0.3) is 11.5 Å². The molecule has 46 heavy (non-hydrogen) atoms. The Bertz CT molecular complexity index is 1860. The Balaban J connectivity index is 1.24. The van der Waals surface area contributed by atoms with E-state index in [2.05, 4.69) is 16.7 Å². The van der Waals surface area contributed by atoms with E-state index in [4.69, 9.17) is 9.47 Å². The van der Waals surface area contributed by atoms with Gasteiger partial charge in [0.2, 0.25) is 5.91 Å². The van der Waals surface area contributed by atoms with Crippen LogP contribution in [0.3, 0.4) is 0 Å². The number of amides is 2. The fourth-order valence-corrected chi connectivity index (χ4v) is 5.76. The molecule has 5 rings (SSSR count). The van der Waals surface area contributed by atoms with Crippen molar-refractivity contribution in [1.82, 2.24) is 19.8 Å². The Hall–Kier alpha value is -5.12. The number of allylic oxidation sites excluding steroid dienone is 1. The lowest BCUT2D eigenvalue weighted by molar-refractivity contribution is -0.121. The maximum atomic E-state index is 13.6. The molecule has 3 aromatic carbocycles. The van der Waals surface area contributed by atoms with Crippen molar-refractivity contribution >= 4 is 22.7 Å². The van der Waals surface area contributed by atoms with Crippen LogP contribution in [0.15, 0.2) is 88.0 Å². The Morgan fingerprint density at radius 3 is 2.28 bits per heavy atom. The molecule has 2 amide bonds. The first-order valence-corrected chi connectivity index (χ1v) is 15.6. The summed E-state index contributed by atoms with van der Waals surface area (Å²) in [5.74, 6) is 0.757. The van der Waals surface area contributed by atoms with Gasteiger partial charge in [0.15, 0.2) is 11.5 Å². The Morgan fingerprint density at radius 2 is 1.54 bits per heavy atom. The number of rotatable bonds is 13. The third kappa shape index (κ3) is 7.74. The summed E-state index contributed by atoms with van der Waals surface area (Å²) in [5, 5.41) is 6.20. The van der Waals surface area contributed by atoms with Crippen molar-refractivity contribution in [2.75, 3.05) is 27.3 Å². The van der Waals surface area contributed by atoms with Crippen molar-refractivity contribution in [2.24, 2.45) is 0 Å². The zero-order valence-electron chi connectivity index (χ0n) is 26.3. The zero-order chi connectivity index (χ0) is 32.5. The second kappa shape index (κ2) is 15.2. The Labute approximate surface area is 267 Å². The van der Waals surface area contributed by atoms with E-state index in [0.717, 1.165) is 29.4 Å². The van der Waals surface area contributed by atoms with Crippen LogP contribution in [0.5, 0.6) is 11.5 Å². The summed E-state index contributed by atoms with van der Waals surface area (Å²) in [7, 11) is 3.16. The predicted molar refractivity (Wildman–Crippen MR) is 178 cm³/mol. The molecule has 1 aliphatic rings. The van der Waals surface area contributed by atoms with Crippen LogP contribution in [-0.4, -0.2) is 48.3 Å². The third-order valence-electron chi connectivity index (χ3n) is 8.29. The molecule has 0 atom stereocenters. The standard InChI is InChI=1S/C36H40N4O6/c1-45-31-17-14-26(22-32(31)46-2)19-21-38-34(42)28-15-12-27(13-16-28)23-40-35(43)29-10-6-7-11-30(29)39(36(40)44)24-33(41)37-20-18-25-8-4-3-5-9-25/h6-8,10-17,22H,3-5,9,18-21,23-24H2,1-2H3,(H,37,41)(H,38,42). The van der Waals surface area contributed by atoms with E-state index in [1.807, 2.05) is 18.2 Å². The highest BCUT2D eigenvalue weighted by Gasteiger charge is 2.16. The van der Waals surface area contributed by atoms with Gasteiger partial charge in [0.1, 0.15) is 6.54 Å². The molecule has 0 saturated carbocycles. The molecule has 0 aliphatic heterocycles. The summed E-state index contributed by atoms with van der Waals surface area (Å²) in [5.41, 5.74) is 2.91. The first-order valence-electron chi connectivity index (χ1n) is 15.6. The molecule has 1 aromatic heterocycles. The first-order chi connectivity index (χ1) is 22.4. The van der Waals surface area contributed by atoms with Gasteiger partial charge in [-0.25, -0.2) is 4.79 Å². The van der Waals surface area contributed by atoms with E-state index in [0.29, 0.717) is 53.0 Å². The molecule has 10 heteroatoms. The number of aromatic nitrogens is 2. The minimum Gasteiger partial charge on any atom is -0.493 e. The zero-order valence-corrected chi connectivity index (χ0v) is 26.3. The van der Waals surface area contributed by atoms with Gasteiger partial charge in [-0.3, -0.25) is 23.5 Å². The number of methoxy groups -OCH3 is 2. The fourth-order valence-electron chi connectivity index (χ4n) is 5.76. The molecule has 4 aromatic rings. The number of carbonyl (C=O) groups excluding carboxylic acids is 2. The number of carbonyl (C=O) groups is 2. The molecular weight excluding hydrogens is 584 g/mol. The number of nitrogens with zero attached hydrogens (tertiary/aromatic N) is 2. The van der Waals surface area contributed by atoms with Gasteiger partial charge < -0.3 is 20.1 Å². The first kappa shape index (κ1) is 32.3. The predicted octanol–water partition coefficient (Wildman–Crippen LogP) is 4.21. The SMILES string of the molecule is COc1ccc(CCNC(=O)c2ccc(Cn3c(=O)c4ccccc4n(CC(=O)NCCC4=CCCCC4)c3=O)cc2)cc1OC. The van der Waals surface area contributed by atoms with Gasteiger partial charge in [0.05, 0.1) is 31.7 Å². The summed E-state index contributed by atoms with van der Waals surface area (Å²) >= 11 is 0. The maximum absolute atomic E-state index is 13.6. The Morgan fingerprint density at radius 1 is 0.804 bits per heavy atom. The lowest BCUT2D eigenvalue weighted by atomic mass is 9.97. The number of ether oxygens (including phenoxy) is 2. The van der Waals surface area contributed by atoms with Crippen LogP contribution in [0.25, 0.3) is 10.9 Å². The Kier molecular flexibility index (Phi) is 10.7. The molecule has 0 bridgehead atoms. The monoisotopic (exact) mass is 624 g/mol. The van der Waals surface area contributed by atoms with Gasteiger partial charge in [0, 0.05) is 18.7 Å². The molecular formula is C36H40N4O6. The van der Waals surface area contributed by atoms with Crippen LogP contribution in [0, 0.1) is 0 Å². The van der Waals surface area contributed by atoms with Gasteiger partial charge in [-0.15, -0.1) is 0 Å². The highest BCUT2D eigenvalue weighted by atomic mass is 16.5. The van der Waals surface area contributed by atoms with Gasteiger partial charge in [-0.05, 0) is 86.1 Å². The molecule has 0 spiro atoms. The molecule has 0 unspecified atom stereocenters. The van der Waals surface area contributed by atoms with Crippen LogP contribution < -0.4 is 31.4 Å². The number of nitrogens with one attached hydrogen (secondary N) is 2. The van der Waals surface area contributed by atoms with Gasteiger partial charge >= 0.3 is 5.69 Å². The second-order valence-electron chi connectivity index (χ2n) is 11.4. The number of benzene rings is 3. The topological polar surface area (TPSA) is 121 Å². The average molecular weight is 625 g/mol. The number of fused-ring (bicyclic) bond motifs is 1. The second-order valence-corrected chi connectivity index (χ2v) is 11.4. The number of hydrogen-bond acceptors (Lipinski definition) is 6. The molecule has 10 nitrogen and oxygen atoms in total. The quantitative estimate of drug-likeness (QED) is 0.215. The van der Waals surface area contributed by atoms with Crippen LogP contribution >= 0.6 is 0 Å². The smallest absolute Gasteiger partial charge is 0.332 e. The van der Waals surface area contributed by atoms with Crippen molar-refractivity contribution in [3.8, 4) is 11.5 Å². The van der Waals surface area contributed by atoms with Crippen molar-refractivity contribution in [2.45, 2.75) is 51.6 Å². The summed E-state index contributed by atoms with van der Waals surface area (Å²) in [4.78, 5) is 52.7. The summed E-state index contributed by atoms with van der Waals surface area (Å²) in [6.45, 7) is 0.737. The van der Waals surface area contributed by atoms with E-state index >= 15 is 0 Å². The lowest BCUT2D eigenvalue weighted by Gasteiger charge is -2.15. The van der Waals surface area contributed by atoms with Crippen molar-refractivity contribution < 1.29 is 19.1 Å². The highest BCUT2D eigenvalue weighted by molar-refractivity contribution is 5.94. The molecule has 0 radical (unpaired) electrons. The molecule has 240 valence electrons. The van der Waals surface area contributed by atoms with Crippen molar-refractivity contribution in [3.05, 3.63) is 116 Å². The van der Waals surface area contributed by atoms with Crippen LogP contribution in [-0.2, 0) is 24.3 Å². The maximum Gasteiger partial charge on any atom is 0.332 e. The van der Waals surface area contributed by atoms with Crippen LogP contribution in [0.2, 0.25) is 0 Å². The molecule has 1 aliphatic carbocycles. The summed E-state index contributed by atoms with van der Waals surface area (Å²) in [6.07, 6.45) is 8.21. The summed E-state index contributed by atoms with van der Waals surface area (Å²) in [6, 6.07) is 19.2. The largest absolute Gasteiger partial charge is 0.493 e. The minimum absolute atomic E-state index is 0.000520. The van der Waals surface area contributed by atoms with E-state index < -0.39 is 11.2 Å². The van der Waals surface area contributed by atoms with E-state index in [1.54, 1.807) is 62.8 Å².